The minimum Gasteiger partial charge on any atom is -0.455 e. The lowest BCUT2D eigenvalue weighted by atomic mass is 9.81. The molecule has 8 heteroatoms. The molecule has 0 unspecified atom stereocenters. The Bertz CT molecular complexity index is 833. The third kappa shape index (κ3) is 4.54. The van der Waals surface area contributed by atoms with Gasteiger partial charge >= 0.3 is 5.97 Å². The average molecular weight is 404 g/mol. The van der Waals surface area contributed by atoms with Crippen molar-refractivity contribution in [3.63, 3.8) is 0 Å². The van der Waals surface area contributed by atoms with Crippen LogP contribution in [0.1, 0.15) is 37.8 Å². The summed E-state index contributed by atoms with van der Waals surface area (Å²) in [5, 5.41) is 16.2. The summed E-state index contributed by atoms with van der Waals surface area (Å²) in [5.41, 5.74) is 0.898. The zero-order valence-corrected chi connectivity index (χ0v) is 16.8. The van der Waals surface area contributed by atoms with Crippen LogP contribution >= 0.6 is 22.7 Å². The minimum atomic E-state index is -0.772. The standard InChI is InChI=1S/C19H21N3O3S2/c1-22(19(13-20)6-3-2-4-7-19)16(23)10-25-17(24)9-15-12-27-18(21-15)14-5-8-26-11-14/h5,8,11-12H,2-4,6-7,9-10H2,1H3. The second kappa shape index (κ2) is 8.63. The largest absolute Gasteiger partial charge is 0.455 e. The molecule has 0 aliphatic heterocycles. The Morgan fingerprint density at radius 1 is 1.33 bits per heavy atom. The minimum absolute atomic E-state index is 0.0288. The van der Waals surface area contributed by atoms with Crippen molar-refractivity contribution in [2.24, 2.45) is 0 Å². The second-order valence-corrected chi connectivity index (χ2v) is 8.29. The van der Waals surface area contributed by atoms with E-state index in [9.17, 15) is 14.9 Å². The number of aromatic nitrogens is 1. The predicted octanol–water partition coefficient (Wildman–Crippen LogP) is 3.64. The van der Waals surface area contributed by atoms with Gasteiger partial charge in [-0.15, -0.1) is 11.3 Å². The fourth-order valence-corrected chi connectivity index (χ4v) is 4.77. The number of hydrogen-bond acceptors (Lipinski definition) is 7. The Labute approximate surface area is 166 Å². The highest BCUT2D eigenvalue weighted by molar-refractivity contribution is 7.14. The molecule has 1 fully saturated rings. The number of carbonyl (C=O) groups excluding carboxylic acids is 2. The molecule has 0 aromatic carbocycles. The van der Waals surface area contributed by atoms with Crippen molar-refractivity contribution in [3.8, 4) is 16.6 Å². The molecule has 1 saturated carbocycles. The third-order valence-electron chi connectivity index (χ3n) is 4.91. The molecule has 0 radical (unpaired) electrons. The number of amides is 1. The van der Waals surface area contributed by atoms with Crippen LogP contribution < -0.4 is 0 Å². The summed E-state index contributed by atoms with van der Waals surface area (Å²) in [4.78, 5) is 30.4. The number of thiophene rings is 1. The van der Waals surface area contributed by atoms with Gasteiger partial charge in [0.2, 0.25) is 0 Å². The van der Waals surface area contributed by atoms with E-state index >= 15 is 0 Å². The molecular weight excluding hydrogens is 382 g/mol. The number of rotatable bonds is 6. The maximum Gasteiger partial charge on any atom is 0.312 e. The van der Waals surface area contributed by atoms with E-state index in [1.165, 1.54) is 16.2 Å². The highest BCUT2D eigenvalue weighted by Crippen LogP contribution is 2.32. The van der Waals surface area contributed by atoms with Crippen LogP contribution in [0.3, 0.4) is 0 Å². The Hall–Kier alpha value is -2.24. The normalized spacial score (nSPS) is 15.7. The molecule has 1 aliphatic rings. The van der Waals surface area contributed by atoms with Gasteiger partial charge in [0.05, 0.1) is 18.2 Å². The molecule has 0 spiro atoms. The van der Waals surface area contributed by atoms with Crippen LogP contribution in [-0.2, 0) is 20.7 Å². The molecule has 27 heavy (non-hydrogen) atoms. The highest BCUT2D eigenvalue weighted by atomic mass is 32.1. The molecule has 142 valence electrons. The smallest absolute Gasteiger partial charge is 0.312 e. The van der Waals surface area contributed by atoms with Crippen LogP contribution in [0, 0.1) is 11.3 Å². The number of carbonyl (C=O) groups is 2. The Kier molecular flexibility index (Phi) is 6.24. The maximum atomic E-state index is 12.4. The molecule has 1 amide bonds. The summed E-state index contributed by atoms with van der Waals surface area (Å²) < 4.78 is 5.14. The number of hydrogen-bond donors (Lipinski definition) is 0. The van der Waals surface area contributed by atoms with Gasteiger partial charge in [0.15, 0.2) is 6.61 Å². The maximum absolute atomic E-state index is 12.4. The zero-order valence-electron chi connectivity index (χ0n) is 15.1. The predicted molar refractivity (Wildman–Crippen MR) is 104 cm³/mol. The van der Waals surface area contributed by atoms with Gasteiger partial charge in [-0.3, -0.25) is 9.59 Å². The topological polar surface area (TPSA) is 83.3 Å². The van der Waals surface area contributed by atoms with Gasteiger partial charge in [-0.25, -0.2) is 4.98 Å². The second-order valence-electron chi connectivity index (χ2n) is 6.65. The summed E-state index contributed by atoms with van der Waals surface area (Å²) in [5.74, 6) is -0.836. The number of thiazole rings is 1. The van der Waals surface area contributed by atoms with Crippen molar-refractivity contribution in [2.75, 3.05) is 13.7 Å². The molecule has 0 atom stereocenters. The first-order chi connectivity index (χ1) is 13.0. The van der Waals surface area contributed by atoms with Gasteiger partial charge in [0.25, 0.3) is 5.91 Å². The molecule has 0 bridgehead atoms. The quantitative estimate of drug-likeness (QED) is 0.688. The van der Waals surface area contributed by atoms with Crippen LogP contribution in [0.25, 0.3) is 10.6 Å². The Balaban J connectivity index is 1.51. The van der Waals surface area contributed by atoms with Crippen LogP contribution in [0.4, 0.5) is 0 Å². The summed E-state index contributed by atoms with van der Waals surface area (Å²) in [6, 6.07) is 4.28. The first-order valence-electron chi connectivity index (χ1n) is 8.84. The fraction of sp³-hybridized carbons (Fsp3) is 0.474. The highest BCUT2D eigenvalue weighted by Gasteiger charge is 2.38. The van der Waals surface area contributed by atoms with Gasteiger partial charge in [-0.1, -0.05) is 19.3 Å². The number of nitrogens with zero attached hydrogens (tertiary/aromatic N) is 3. The van der Waals surface area contributed by atoms with E-state index in [-0.39, 0.29) is 18.9 Å². The van der Waals surface area contributed by atoms with E-state index in [0.717, 1.165) is 29.8 Å². The van der Waals surface area contributed by atoms with Gasteiger partial charge in [0.1, 0.15) is 10.5 Å². The monoisotopic (exact) mass is 403 g/mol. The van der Waals surface area contributed by atoms with E-state index in [2.05, 4.69) is 11.1 Å². The summed E-state index contributed by atoms with van der Waals surface area (Å²) in [6.45, 7) is -0.347. The summed E-state index contributed by atoms with van der Waals surface area (Å²) >= 11 is 3.07. The van der Waals surface area contributed by atoms with E-state index < -0.39 is 11.5 Å². The van der Waals surface area contributed by atoms with E-state index in [4.69, 9.17) is 4.74 Å². The molecule has 0 N–H and O–H groups in total. The SMILES string of the molecule is CN(C(=O)COC(=O)Cc1csc(-c2ccsc2)n1)C1(C#N)CCCCC1. The number of nitriles is 1. The number of likely N-dealkylation sites (N-methyl/N-ethyl adjacent to an activating group) is 1. The Morgan fingerprint density at radius 3 is 2.78 bits per heavy atom. The summed E-state index contributed by atoms with van der Waals surface area (Å²) in [7, 11) is 1.62. The van der Waals surface area contributed by atoms with Crippen molar-refractivity contribution >= 4 is 34.6 Å². The molecule has 3 rings (SSSR count). The summed E-state index contributed by atoms with van der Waals surface area (Å²) in [6.07, 6.45) is 4.32. The zero-order chi connectivity index (χ0) is 19.3. The van der Waals surface area contributed by atoms with Gasteiger partial charge in [-0.2, -0.15) is 16.6 Å². The lowest BCUT2D eigenvalue weighted by Crippen LogP contribution is -2.51. The van der Waals surface area contributed by atoms with Crippen LogP contribution in [0.2, 0.25) is 0 Å². The molecular formula is C19H21N3O3S2. The van der Waals surface area contributed by atoms with Crippen molar-refractivity contribution in [3.05, 3.63) is 27.9 Å². The molecule has 1 aliphatic carbocycles. The number of ether oxygens (including phenoxy) is 1. The average Bonchev–Trinajstić information content (AvgIpc) is 3.37. The van der Waals surface area contributed by atoms with Crippen molar-refractivity contribution in [2.45, 2.75) is 44.1 Å². The Morgan fingerprint density at radius 2 is 2.11 bits per heavy atom. The third-order valence-corrected chi connectivity index (χ3v) is 6.53. The molecule has 2 aromatic rings. The molecule has 2 heterocycles. The van der Waals surface area contributed by atoms with Crippen LogP contribution in [0.5, 0.6) is 0 Å². The molecule has 0 saturated heterocycles. The van der Waals surface area contributed by atoms with E-state index in [1.807, 2.05) is 22.2 Å². The lowest BCUT2D eigenvalue weighted by molar-refractivity contribution is -0.153. The first-order valence-corrected chi connectivity index (χ1v) is 10.7. The molecule has 2 aromatic heterocycles. The van der Waals surface area contributed by atoms with Crippen molar-refractivity contribution in [1.82, 2.24) is 9.88 Å². The van der Waals surface area contributed by atoms with Crippen molar-refractivity contribution in [1.29, 1.82) is 5.26 Å². The van der Waals surface area contributed by atoms with Gasteiger partial charge in [-0.05, 0) is 24.3 Å². The van der Waals surface area contributed by atoms with Crippen LogP contribution in [-0.4, -0.2) is 41.0 Å². The lowest BCUT2D eigenvalue weighted by Gasteiger charge is -2.38. The van der Waals surface area contributed by atoms with E-state index in [1.54, 1.807) is 18.4 Å². The van der Waals surface area contributed by atoms with Crippen LogP contribution in [0.15, 0.2) is 22.2 Å². The number of esters is 1. The fourth-order valence-electron chi connectivity index (χ4n) is 3.24. The van der Waals surface area contributed by atoms with Crippen molar-refractivity contribution < 1.29 is 14.3 Å². The van der Waals surface area contributed by atoms with Gasteiger partial charge < -0.3 is 9.64 Å². The molecule has 6 nitrogen and oxygen atoms in total. The van der Waals surface area contributed by atoms with E-state index in [0.29, 0.717) is 18.5 Å². The van der Waals surface area contributed by atoms with Gasteiger partial charge in [0, 0.05) is 23.4 Å². The first kappa shape index (κ1) is 19.5.